The summed E-state index contributed by atoms with van der Waals surface area (Å²) in [6, 6.07) is 2.12. The SMILES string of the molecule is CCCn1c(=O)c2[nH]c(-c3cnn(-c4ccc(C(F)(F)F)nc4)c3)nc2n(CC)c1=O. The molecule has 0 saturated heterocycles. The lowest BCUT2D eigenvalue weighted by Crippen LogP contribution is -2.39. The molecule has 0 aromatic carbocycles. The lowest BCUT2D eigenvalue weighted by molar-refractivity contribution is -0.141. The molecule has 0 bridgehead atoms. The first-order chi connectivity index (χ1) is 14.7. The highest BCUT2D eigenvalue weighted by atomic mass is 19.4. The van der Waals surface area contributed by atoms with Crippen molar-refractivity contribution >= 4 is 11.2 Å². The smallest absolute Gasteiger partial charge is 0.332 e. The van der Waals surface area contributed by atoms with Gasteiger partial charge in [0, 0.05) is 19.3 Å². The molecule has 9 nitrogen and oxygen atoms in total. The fourth-order valence-electron chi connectivity index (χ4n) is 3.28. The van der Waals surface area contributed by atoms with Gasteiger partial charge in [-0.25, -0.2) is 19.4 Å². The van der Waals surface area contributed by atoms with Gasteiger partial charge in [0.2, 0.25) is 0 Å². The van der Waals surface area contributed by atoms with Gasteiger partial charge in [-0.1, -0.05) is 6.92 Å². The van der Waals surface area contributed by atoms with Crippen LogP contribution >= 0.6 is 0 Å². The summed E-state index contributed by atoms with van der Waals surface area (Å²) in [5, 5.41) is 4.14. The minimum Gasteiger partial charge on any atom is -0.332 e. The van der Waals surface area contributed by atoms with Crippen molar-refractivity contribution < 1.29 is 13.2 Å². The standard InChI is InChI=1S/C19H18F3N7O2/c1-3-7-28-17(30)14-16(27(4-2)18(28)31)26-15(25-14)11-8-24-29(10-11)12-5-6-13(23-9-12)19(20,21)22/h5-6,8-10H,3-4,7H2,1-2H3,(H,25,26). The fourth-order valence-corrected chi connectivity index (χ4v) is 3.28. The molecular weight excluding hydrogens is 415 g/mol. The Morgan fingerprint density at radius 3 is 2.48 bits per heavy atom. The van der Waals surface area contributed by atoms with Crippen LogP contribution in [0.2, 0.25) is 0 Å². The predicted octanol–water partition coefficient (Wildman–Crippen LogP) is 2.58. The number of aryl methyl sites for hydroxylation is 1. The lowest BCUT2D eigenvalue weighted by Gasteiger charge is -2.07. The van der Waals surface area contributed by atoms with Crippen LogP contribution in [0.4, 0.5) is 13.2 Å². The number of pyridine rings is 1. The van der Waals surface area contributed by atoms with E-state index in [0.29, 0.717) is 36.6 Å². The van der Waals surface area contributed by atoms with Crippen molar-refractivity contribution in [1.82, 2.24) is 33.9 Å². The van der Waals surface area contributed by atoms with E-state index in [9.17, 15) is 22.8 Å². The van der Waals surface area contributed by atoms with Crippen molar-refractivity contribution in [1.29, 1.82) is 0 Å². The summed E-state index contributed by atoms with van der Waals surface area (Å²) < 4.78 is 42.0. The summed E-state index contributed by atoms with van der Waals surface area (Å²) >= 11 is 0. The number of aromatic nitrogens is 7. The van der Waals surface area contributed by atoms with Gasteiger partial charge in [0.1, 0.15) is 17.0 Å². The second kappa shape index (κ2) is 7.52. The maximum absolute atomic E-state index is 12.7. The molecule has 4 rings (SSSR count). The second-order valence-electron chi connectivity index (χ2n) is 6.84. The Hall–Kier alpha value is -3.70. The quantitative estimate of drug-likeness (QED) is 0.521. The molecule has 0 aliphatic heterocycles. The van der Waals surface area contributed by atoms with Gasteiger partial charge < -0.3 is 4.98 Å². The number of halogens is 3. The number of fused-ring (bicyclic) bond motifs is 1. The van der Waals surface area contributed by atoms with Crippen LogP contribution in [0.15, 0.2) is 40.3 Å². The molecule has 0 radical (unpaired) electrons. The molecule has 0 atom stereocenters. The molecule has 0 spiro atoms. The van der Waals surface area contributed by atoms with E-state index in [2.05, 4.69) is 20.1 Å². The molecule has 0 saturated carbocycles. The average Bonchev–Trinajstić information content (AvgIpc) is 3.39. The van der Waals surface area contributed by atoms with Gasteiger partial charge in [0.25, 0.3) is 5.56 Å². The van der Waals surface area contributed by atoms with E-state index < -0.39 is 23.1 Å². The van der Waals surface area contributed by atoms with Crippen LogP contribution < -0.4 is 11.2 Å². The topological polar surface area (TPSA) is 103 Å². The minimum absolute atomic E-state index is 0.203. The zero-order valence-corrected chi connectivity index (χ0v) is 16.6. The number of aromatic amines is 1. The Balaban J connectivity index is 1.77. The zero-order valence-electron chi connectivity index (χ0n) is 16.6. The van der Waals surface area contributed by atoms with Crippen LogP contribution in [0.1, 0.15) is 26.0 Å². The highest BCUT2D eigenvalue weighted by Gasteiger charge is 2.32. The Kier molecular flexibility index (Phi) is 4.99. The second-order valence-corrected chi connectivity index (χ2v) is 6.84. The van der Waals surface area contributed by atoms with Crippen LogP contribution in [0, 0.1) is 0 Å². The van der Waals surface area contributed by atoms with Crippen LogP contribution in [0.3, 0.4) is 0 Å². The van der Waals surface area contributed by atoms with Crippen molar-refractivity contribution in [2.45, 2.75) is 39.5 Å². The first-order valence-electron chi connectivity index (χ1n) is 9.56. The van der Waals surface area contributed by atoms with E-state index in [1.165, 1.54) is 26.1 Å². The number of rotatable bonds is 5. The Morgan fingerprint density at radius 1 is 1.10 bits per heavy atom. The molecule has 0 aliphatic carbocycles. The molecule has 0 unspecified atom stereocenters. The molecule has 12 heteroatoms. The maximum Gasteiger partial charge on any atom is 0.433 e. The Bertz CT molecular complexity index is 1360. The number of hydrogen-bond acceptors (Lipinski definition) is 5. The van der Waals surface area contributed by atoms with Gasteiger partial charge >= 0.3 is 11.9 Å². The molecule has 31 heavy (non-hydrogen) atoms. The highest BCUT2D eigenvalue weighted by Crippen LogP contribution is 2.28. The normalized spacial score (nSPS) is 12.0. The summed E-state index contributed by atoms with van der Waals surface area (Å²) in [5.41, 5.74) is -0.616. The van der Waals surface area contributed by atoms with Crippen LogP contribution in [0.5, 0.6) is 0 Å². The fraction of sp³-hybridized carbons (Fsp3) is 0.316. The van der Waals surface area contributed by atoms with Gasteiger partial charge in [0.05, 0.1) is 23.6 Å². The van der Waals surface area contributed by atoms with Crippen molar-refractivity contribution in [3.05, 3.63) is 57.3 Å². The lowest BCUT2D eigenvalue weighted by atomic mass is 10.3. The van der Waals surface area contributed by atoms with E-state index in [1.54, 1.807) is 13.1 Å². The van der Waals surface area contributed by atoms with Crippen molar-refractivity contribution in [2.75, 3.05) is 0 Å². The first kappa shape index (κ1) is 20.6. The van der Waals surface area contributed by atoms with E-state index in [-0.39, 0.29) is 11.2 Å². The summed E-state index contributed by atoms with van der Waals surface area (Å²) in [4.78, 5) is 36.2. The van der Waals surface area contributed by atoms with Gasteiger partial charge in [-0.2, -0.15) is 18.3 Å². The van der Waals surface area contributed by atoms with E-state index in [0.717, 1.165) is 12.3 Å². The minimum atomic E-state index is -4.53. The monoisotopic (exact) mass is 433 g/mol. The van der Waals surface area contributed by atoms with Crippen molar-refractivity contribution in [3.8, 4) is 17.1 Å². The van der Waals surface area contributed by atoms with Gasteiger partial charge in [0.15, 0.2) is 5.65 Å². The number of hydrogen-bond donors (Lipinski definition) is 1. The first-order valence-corrected chi connectivity index (χ1v) is 9.56. The number of imidazole rings is 1. The van der Waals surface area contributed by atoms with E-state index in [1.807, 2.05) is 6.92 Å². The van der Waals surface area contributed by atoms with Crippen LogP contribution in [-0.4, -0.2) is 33.9 Å². The molecule has 1 N–H and O–H groups in total. The van der Waals surface area contributed by atoms with Crippen LogP contribution in [0.25, 0.3) is 28.2 Å². The largest absolute Gasteiger partial charge is 0.433 e. The van der Waals surface area contributed by atoms with E-state index >= 15 is 0 Å². The third kappa shape index (κ3) is 3.53. The van der Waals surface area contributed by atoms with Crippen LogP contribution in [-0.2, 0) is 19.3 Å². The molecule has 4 aromatic rings. The number of nitrogens with one attached hydrogen (secondary N) is 1. The maximum atomic E-state index is 12.7. The van der Waals surface area contributed by atoms with Crippen molar-refractivity contribution in [3.63, 3.8) is 0 Å². The number of H-pyrrole nitrogens is 1. The number of alkyl halides is 3. The predicted molar refractivity (Wildman–Crippen MR) is 106 cm³/mol. The Morgan fingerprint density at radius 2 is 1.87 bits per heavy atom. The average molecular weight is 433 g/mol. The molecule has 0 aliphatic rings. The summed E-state index contributed by atoms with van der Waals surface area (Å²) in [5.74, 6) is 0.314. The summed E-state index contributed by atoms with van der Waals surface area (Å²) in [7, 11) is 0. The number of nitrogens with zero attached hydrogens (tertiary/aromatic N) is 6. The molecule has 0 fully saturated rings. The van der Waals surface area contributed by atoms with Gasteiger partial charge in [-0.05, 0) is 25.5 Å². The third-order valence-electron chi connectivity index (χ3n) is 4.78. The van der Waals surface area contributed by atoms with E-state index in [4.69, 9.17) is 0 Å². The Labute approximate surface area is 172 Å². The molecule has 4 aromatic heterocycles. The highest BCUT2D eigenvalue weighted by molar-refractivity contribution is 5.75. The third-order valence-corrected chi connectivity index (χ3v) is 4.78. The van der Waals surface area contributed by atoms with Gasteiger partial charge in [-0.3, -0.25) is 13.9 Å². The van der Waals surface area contributed by atoms with Gasteiger partial charge in [-0.15, -0.1) is 0 Å². The molecular formula is C19H18F3N7O2. The molecule has 0 amide bonds. The van der Waals surface area contributed by atoms with Crippen molar-refractivity contribution in [2.24, 2.45) is 0 Å². The molecule has 4 heterocycles. The summed E-state index contributed by atoms with van der Waals surface area (Å²) in [6.45, 7) is 4.28. The zero-order chi connectivity index (χ0) is 22.3. The summed E-state index contributed by atoms with van der Waals surface area (Å²) in [6.07, 6.45) is 0.160. The molecule has 162 valence electrons.